The summed E-state index contributed by atoms with van der Waals surface area (Å²) < 4.78 is 13.6. The minimum absolute atomic E-state index is 0.0107. The standard InChI is InChI=1S/C12H10ClFN4O/c13-8-2-1-3-9(11(8)14)17-12(19)7-4-5-16-10(6-7)18-15/h1-6H,15H2,(H,16,18)(H,17,19). The van der Waals surface area contributed by atoms with E-state index in [-0.39, 0.29) is 10.7 Å². The number of anilines is 2. The number of carbonyl (C=O) groups is 1. The number of halogens is 2. The van der Waals surface area contributed by atoms with Crippen LogP contribution in [-0.2, 0) is 0 Å². The third-order valence-electron chi connectivity index (χ3n) is 2.37. The predicted octanol–water partition coefficient (Wildman–Crippen LogP) is 2.41. The summed E-state index contributed by atoms with van der Waals surface area (Å²) >= 11 is 5.63. The van der Waals surface area contributed by atoms with Gasteiger partial charge in [0.2, 0.25) is 0 Å². The van der Waals surface area contributed by atoms with E-state index in [1.807, 2.05) is 0 Å². The molecule has 0 bridgehead atoms. The smallest absolute Gasteiger partial charge is 0.255 e. The van der Waals surface area contributed by atoms with Gasteiger partial charge in [-0.15, -0.1) is 0 Å². The number of amides is 1. The van der Waals surface area contributed by atoms with Gasteiger partial charge in [-0.05, 0) is 24.3 Å². The van der Waals surface area contributed by atoms with E-state index in [4.69, 9.17) is 17.4 Å². The zero-order valence-corrected chi connectivity index (χ0v) is 10.4. The lowest BCUT2D eigenvalue weighted by Crippen LogP contribution is -2.15. The Labute approximate surface area is 113 Å². The molecule has 0 unspecified atom stereocenters. The minimum atomic E-state index is -0.677. The van der Waals surface area contributed by atoms with Crippen LogP contribution in [0.1, 0.15) is 10.4 Å². The Hall–Kier alpha value is -2.18. The van der Waals surface area contributed by atoms with Gasteiger partial charge in [0, 0.05) is 11.8 Å². The van der Waals surface area contributed by atoms with Crippen LogP contribution in [0.4, 0.5) is 15.9 Å². The van der Waals surface area contributed by atoms with Gasteiger partial charge >= 0.3 is 0 Å². The molecule has 5 nitrogen and oxygen atoms in total. The first-order valence-electron chi connectivity index (χ1n) is 5.30. The molecule has 7 heteroatoms. The number of nitrogen functional groups attached to an aromatic ring is 1. The fourth-order valence-electron chi connectivity index (χ4n) is 1.45. The number of aromatic nitrogens is 1. The van der Waals surface area contributed by atoms with E-state index < -0.39 is 11.7 Å². The van der Waals surface area contributed by atoms with Gasteiger partial charge in [-0.2, -0.15) is 0 Å². The molecule has 0 spiro atoms. The third kappa shape index (κ3) is 2.98. The zero-order valence-electron chi connectivity index (χ0n) is 9.65. The minimum Gasteiger partial charge on any atom is -0.319 e. The molecule has 1 aromatic heterocycles. The van der Waals surface area contributed by atoms with Gasteiger partial charge in [0.25, 0.3) is 5.91 Å². The van der Waals surface area contributed by atoms with E-state index in [1.165, 1.54) is 30.5 Å². The maximum atomic E-state index is 13.6. The number of benzene rings is 1. The van der Waals surface area contributed by atoms with E-state index in [0.29, 0.717) is 11.4 Å². The van der Waals surface area contributed by atoms with Crippen molar-refractivity contribution < 1.29 is 9.18 Å². The maximum absolute atomic E-state index is 13.6. The number of pyridine rings is 1. The Morgan fingerprint density at radius 2 is 2.16 bits per heavy atom. The number of nitrogens with one attached hydrogen (secondary N) is 2. The van der Waals surface area contributed by atoms with Crippen molar-refractivity contribution in [2.24, 2.45) is 5.84 Å². The van der Waals surface area contributed by atoms with E-state index in [9.17, 15) is 9.18 Å². The van der Waals surface area contributed by atoms with Crippen LogP contribution in [0.3, 0.4) is 0 Å². The summed E-state index contributed by atoms with van der Waals surface area (Å²) in [4.78, 5) is 15.8. The van der Waals surface area contributed by atoms with Crippen LogP contribution in [0.15, 0.2) is 36.5 Å². The lowest BCUT2D eigenvalue weighted by molar-refractivity contribution is 0.102. The lowest BCUT2D eigenvalue weighted by atomic mass is 10.2. The summed E-state index contributed by atoms with van der Waals surface area (Å²) in [7, 11) is 0. The van der Waals surface area contributed by atoms with Crippen LogP contribution < -0.4 is 16.6 Å². The topological polar surface area (TPSA) is 80.0 Å². The third-order valence-corrected chi connectivity index (χ3v) is 2.66. The molecular formula is C12H10ClFN4O. The number of hydrazine groups is 1. The highest BCUT2D eigenvalue weighted by Gasteiger charge is 2.11. The summed E-state index contributed by atoms with van der Waals surface area (Å²) in [5, 5.41) is 2.37. The highest BCUT2D eigenvalue weighted by Crippen LogP contribution is 2.22. The average molecular weight is 281 g/mol. The highest BCUT2D eigenvalue weighted by molar-refractivity contribution is 6.31. The molecule has 0 atom stereocenters. The molecule has 0 fully saturated rings. The Morgan fingerprint density at radius 1 is 1.37 bits per heavy atom. The second-order valence-corrected chi connectivity index (χ2v) is 4.04. The Bertz CT molecular complexity index is 620. The summed E-state index contributed by atoms with van der Waals surface area (Å²) in [6, 6.07) is 7.29. The van der Waals surface area contributed by atoms with Crippen molar-refractivity contribution in [2.75, 3.05) is 10.7 Å². The van der Waals surface area contributed by atoms with Crippen molar-refractivity contribution in [3.05, 3.63) is 52.9 Å². The summed E-state index contributed by atoms with van der Waals surface area (Å²) in [6.07, 6.45) is 1.42. The van der Waals surface area contributed by atoms with E-state index in [2.05, 4.69) is 15.7 Å². The molecule has 1 amide bonds. The number of hydrogen-bond acceptors (Lipinski definition) is 4. The number of hydrogen-bond donors (Lipinski definition) is 3. The van der Waals surface area contributed by atoms with Crippen molar-refractivity contribution in [1.82, 2.24) is 4.98 Å². The van der Waals surface area contributed by atoms with Gasteiger partial charge in [-0.1, -0.05) is 17.7 Å². The van der Waals surface area contributed by atoms with Crippen molar-refractivity contribution in [2.45, 2.75) is 0 Å². The molecule has 0 saturated heterocycles. The fourth-order valence-corrected chi connectivity index (χ4v) is 1.62. The van der Waals surface area contributed by atoms with Crippen LogP contribution in [0.2, 0.25) is 5.02 Å². The number of rotatable bonds is 3. The summed E-state index contributed by atoms with van der Waals surface area (Å²) in [5.74, 6) is 4.36. The molecule has 2 rings (SSSR count). The van der Waals surface area contributed by atoms with Crippen LogP contribution >= 0.6 is 11.6 Å². The molecule has 0 aliphatic carbocycles. The lowest BCUT2D eigenvalue weighted by Gasteiger charge is -2.08. The quantitative estimate of drug-likeness (QED) is 0.596. The molecule has 4 N–H and O–H groups in total. The van der Waals surface area contributed by atoms with Crippen molar-refractivity contribution in [3.8, 4) is 0 Å². The molecule has 0 radical (unpaired) electrons. The molecule has 1 aromatic carbocycles. The van der Waals surface area contributed by atoms with Crippen LogP contribution in [0.25, 0.3) is 0 Å². The molecule has 19 heavy (non-hydrogen) atoms. The molecule has 0 aliphatic rings. The van der Waals surface area contributed by atoms with Gasteiger partial charge in [0.1, 0.15) is 5.82 Å². The first-order chi connectivity index (χ1) is 9.11. The Balaban J connectivity index is 2.23. The van der Waals surface area contributed by atoms with Gasteiger partial charge in [-0.3, -0.25) is 4.79 Å². The number of carbonyl (C=O) groups excluding carboxylic acids is 1. The monoisotopic (exact) mass is 280 g/mol. The fraction of sp³-hybridized carbons (Fsp3) is 0. The second kappa shape index (κ2) is 5.64. The van der Waals surface area contributed by atoms with Crippen molar-refractivity contribution >= 4 is 29.0 Å². The number of nitrogens with two attached hydrogens (primary N) is 1. The summed E-state index contributed by atoms with van der Waals surface area (Å²) in [6.45, 7) is 0. The van der Waals surface area contributed by atoms with Gasteiger partial charge in [0.15, 0.2) is 5.82 Å². The van der Waals surface area contributed by atoms with E-state index >= 15 is 0 Å². The maximum Gasteiger partial charge on any atom is 0.255 e. The molecule has 0 saturated carbocycles. The summed E-state index contributed by atoms with van der Waals surface area (Å²) in [5.41, 5.74) is 2.62. The largest absolute Gasteiger partial charge is 0.319 e. The predicted molar refractivity (Wildman–Crippen MR) is 71.4 cm³/mol. The van der Waals surface area contributed by atoms with Gasteiger partial charge < -0.3 is 10.7 Å². The Kier molecular flexibility index (Phi) is 3.94. The van der Waals surface area contributed by atoms with E-state index in [0.717, 1.165) is 0 Å². The van der Waals surface area contributed by atoms with Crippen LogP contribution in [-0.4, -0.2) is 10.9 Å². The van der Waals surface area contributed by atoms with Gasteiger partial charge in [-0.25, -0.2) is 15.2 Å². The molecule has 0 aliphatic heterocycles. The first-order valence-corrected chi connectivity index (χ1v) is 5.67. The normalized spacial score (nSPS) is 10.1. The number of nitrogens with zero attached hydrogens (tertiary/aromatic N) is 1. The Morgan fingerprint density at radius 3 is 2.89 bits per heavy atom. The SMILES string of the molecule is NNc1cc(C(=O)Nc2cccc(Cl)c2F)ccn1. The molecule has 2 aromatic rings. The molecule has 1 heterocycles. The highest BCUT2D eigenvalue weighted by atomic mass is 35.5. The van der Waals surface area contributed by atoms with Crippen LogP contribution in [0.5, 0.6) is 0 Å². The zero-order chi connectivity index (χ0) is 13.8. The second-order valence-electron chi connectivity index (χ2n) is 3.63. The van der Waals surface area contributed by atoms with Gasteiger partial charge in [0.05, 0.1) is 10.7 Å². The van der Waals surface area contributed by atoms with E-state index in [1.54, 1.807) is 6.07 Å². The van der Waals surface area contributed by atoms with Crippen molar-refractivity contribution in [1.29, 1.82) is 0 Å². The first kappa shape index (κ1) is 13.3. The average Bonchev–Trinajstić information content (AvgIpc) is 2.44. The molecular weight excluding hydrogens is 271 g/mol. The van der Waals surface area contributed by atoms with Crippen molar-refractivity contribution in [3.63, 3.8) is 0 Å². The molecule has 98 valence electrons. The van der Waals surface area contributed by atoms with Crippen LogP contribution in [0, 0.1) is 5.82 Å².